The third-order valence-corrected chi connectivity index (χ3v) is 3.94. The minimum atomic E-state index is -0.200. The second-order valence-electron chi connectivity index (χ2n) is 4.30. The molecule has 0 spiro atoms. The third kappa shape index (κ3) is 2.94. The van der Waals surface area contributed by atoms with Gasteiger partial charge in [-0.1, -0.05) is 27.5 Å². The van der Waals surface area contributed by atoms with E-state index in [1.54, 1.807) is 6.07 Å². The van der Waals surface area contributed by atoms with E-state index in [9.17, 15) is 5.11 Å². The number of aromatic hydroxyl groups is 1. The van der Waals surface area contributed by atoms with Crippen LogP contribution in [0.2, 0.25) is 5.02 Å². The SMILES string of the molecule is N[C@@H](c1cc(Br)cc(Cl)c1O)C1CCOCC1. The lowest BCUT2D eigenvalue weighted by Gasteiger charge is -2.28. The number of nitrogens with two attached hydrogens (primary N) is 1. The zero-order valence-corrected chi connectivity index (χ0v) is 11.7. The highest BCUT2D eigenvalue weighted by atomic mass is 79.9. The molecule has 0 amide bonds. The molecule has 1 aromatic carbocycles. The highest BCUT2D eigenvalue weighted by Crippen LogP contribution is 2.38. The molecule has 1 atom stereocenters. The summed E-state index contributed by atoms with van der Waals surface area (Å²) in [6, 6.07) is 3.30. The van der Waals surface area contributed by atoms with Gasteiger partial charge in [-0.15, -0.1) is 0 Å². The molecule has 17 heavy (non-hydrogen) atoms. The number of hydrogen-bond acceptors (Lipinski definition) is 3. The van der Waals surface area contributed by atoms with Gasteiger partial charge in [0.15, 0.2) is 0 Å². The summed E-state index contributed by atoms with van der Waals surface area (Å²) >= 11 is 9.31. The number of rotatable bonds is 2. The van der Waals surface area contributed by atoms with Gasteiger partial charge in [-0.2, -0.15) is 0 Å². The highest BCUT2D eigenvalue weighted by Gasteiger charge is 2.25. The first-order chi connectivity index (χ1) is 8.09. The van der Waals surface area contributed by atoms with Crippen LogP contribution in [0.1, 0.15) is 24.4 Å². The summed E-state index contributed by atoms with van der Waals surface area (Å²) in [5.41, 5.74) is 6.92. The van der Waals surface area contributed by atoms with E-state index in [0.29, 0.717) is 16.5 Å². The summed E-state index contributed by atoms with van der Waals surface area (Å²) in [4.78, 5) is 0. The second-order valence-corrected chi connectivity index (χ2v) is 5.62. The van der Waals surface area contributed by atoms with Crippen molar-refractivity contribution in [2.45, 2.75) is 18.9 Å². The Morgan fingerprint density at radius 3 is 2.71 bits per heavy atom. The summed E-state index contributed by atoms with van der Waals surface area (Å²) in [5.74, 6) is 0.425. The summed E-state index contributed by atoms with van der Waals surface area (Å²) in [6.07, 6.45) is 1.84. The van der Waals surface area contributed by atoms with Crippen LogP contribution in [0.15, 0.2) is 16.6 Å². The molecule has 3 nitrogen and oxygen atoms in total. The molecule has 5 heteroatoms. The predicted octanol–water partition coefficient (Wildman–Crippen LogP) is 3.23. The van der Waals surface area contributed by atoms with Crippen molar-refractivity contribution >= 4 is 27.5 Å². The molecular formula is C12H15BrClNO2. The highest BCUT2D eigenvalue weighted by molar-refractivity contribution is 9.10. The van der Waals surface area contributed by atoms with E-state index < -0.39 is 0 Å². The molecule has 0 bridgehead atoms. The Kier molecular flexibility index (Phi) is 4.31. The second kappa shape index (κ2) is 5.57. The Balaban J connectivity index is 2.26. The van der Waals surface area contributed by atoms with E-state index in [1.165, 1.54) is 0 Å². The van der Waals surface area contributed by atoms with Crippen LogP contribution in [0, 0.1) is 5.92 Å². The van der Waals surface area contributed by atoms with Gasteiger partial charge in [0.2, 0.25) is 0 Å². The van der Waals surface area contributed by atoms with E-state index in [2.05, 4.69) is 15.9 Å². The van der Waals surface area contributed by atoms with Crippen LogP contribution in [0.5, 0.6) is 5.75 Å². The molecule has 94 valence electrons. The zero-order valence-electron chi connectivity index (χ0n) is 9.33. The Labute approximate surface area is 114 Å². The lowest BCUT2D eigenvalue weighted by Crippen LogP contribution is -2.27. The maximum absolute atomic E-state index is 9.96. The largest absolute Gasteiger partial charge is 0.506 e. The summed E-state index contributed by atoms with van der Waals surface area (Å²) < 4.78 is 6.14. The van der Waals surface area contributed by atoms with Gasteiger partial charge in [-0.3, -0.25) is 0 Å². The van der Waals surface area contributed by atoms with Crippen molar-refractivity contribution in [3.8, 4) is 5.75 Å². The maximum Gasteiger partial charge on any atom is 0.139 e. The minimum absolute atomic E-state index is 0.0915. The Bertz CT molecular complexity index is 408. The van der Waals surface area contributed by atoms with Gasteiger partial charge in [0.25, 0.3) is 0 Å². The van der Waals surface area contributed by atoms with E-state index in [1.807, 2.05) is 6.07 Å². The number of ether oxygens (including phenoxy) is 1. The van der Waals surface area contributed by atoms with E-state index in [-0.39, 0.29) is 11.8 Å². The lowest BCUT2D eigenvalue weighted by molar-refractivity contribution is 0.0581. The van der Waals surface area contributed by atoms with Crippen molar-refractivity contribution in [2.24, 2.45) is 11.7 Å². The Morgan fingerprint density at radius 1 is 1.41 bits per heavy atom. The lowest BCUT2D eigenvalue weighted by atomic mass is 9.87. The van der Waals surface area contributed by atoms with Crippen molar-refractivity contribution in [3.05, 3.63) is 27.2 Å². The molecule has 2 rings (SSSR count). The molecule has 0 aliphatic carbocycles. The number of hydrogen-bond donors (Lipinski definition) is 2. The Hall–Kier alpha value is -0.290. The molecule has 3 N–H and O–H groups in total. The van der Waals surface area contributed by atoms with Gasteiger partial charge in [0, 0.05) is 29.3 Å². The molecule has 1 aliphatic rings. The fourth-order valence-corrected chi connectivity index (χ4v) is 3.00. The van der Waals surface area contributed by atoms with Crippen LogP contribution < -0.4 is 5.73 Å². The van der Waals surface area contributed by atoms with Gasteiger partial charge >= 0.3 is 0 Å². The maximum atomic E-state index is 9.96. The third-order valence-electron chi connectivity index (χ3n) is 3.19. The van der Waals surface area contributed by atoms with Gasteiger partial charge < -0.3 is 15.6 Å². The van der Waals surface area contributed by atoms with Crippen molar-refractivity contribution < 1.29 is 9.84 Å². The molecule has 1 fully saturated rings. The average Bonchev–Trinajstić information content (AvgIpc) is 2.34. The molecule has 0 unspecified atom stereocenters. The molecule has 0 saturated carbocycles. The van der Waals surface area contributed by atoms with Gasteiger partial charge in [-0.25, -0.2) is 0 Å². The van der Waals surface area contributed by atoms with Crippen LogP contribution in [0.25, 0.3) is 0 Å². The fraction of sp³-hybridized carbons (Fsp3) is 0.500. The first kappa shape index (κ1) is 13.1. The molecule has 0 aromatic heterocycles. The van der Waals surface area contributed by atoms with Crippen LogP contribution >= 0.6 is 27.5 Å². The van der Waals surface area contributed by atoms with Crippen molar-refractivity contribution in [3.63, 3.8) is 0 Å². The summed E-state index contributed by atoms with van der Waals surface area (Å²) in [6.45, 7) is 1.47. The number of benzene rings is 1. The molecule has 1 saturated heterocycles. The van der Waals surface area contributed by atoms with Gasteiger partial charge in [0.05, 0.1) is 5.02 Å². The summed E-state index contributed by atoms with van der Waals surface area (Å²) in [7, 11) is 0. The number of halogens is 2. The molecule has 1 aromatic rings. The zero-order chi connectivity index (χ0) is 12.4. The van der Waals surface area contributed by atoms with Crippen molar-refractivity contribution in [1.29, 1.82) is 0 Å². The normalized spacial score (nSPS) is 19.2. The number of phenols is 1. The van der Waals surface area contributed by atoms with Crippen LogP contribution in [-0.4, -0.2) is 18.3 Å². The number of phenolic OH excluding ortho intramolecular Hbond substituents is 1. The van der Waals surface area contributed by atoms with Gasteiger partial charge in [-0.05, 0) is 30.9 Å². The monoisotopic (exact) mass is 319 g/mol. The van der Waals surface area contributed by atoms with Gasteiger partial charge in [0.1, 0.15) is 5.75 Å². The van der Waals surface area contributed by atoms with Crippen LogP contribution in [-0.2, 0) is 4.74 Å². The molecule has 1 aliphatic heterocycles. The summed E-state index contributed by atoms with van der Waals surface area (Å²) in [5, 5.41) is 10.3. The van der Waals surface area contributed by atoms with E-state index >= 15 is 0 Å². The quantitative estimate of drug-likeness (QED) is 0.879. The first-order valence-corrected chi connectivity index (χ1v) is 6.78. The smallest absolute Gasteiger partial charge is 0.139 e. The van der Waals surface area contributed by atoms with Crippen molar-refractivity contribution in [2.75, 3.05) is 13.2 Å². The van der Waals surface area contributed by atoms with Crippen LogP contribution in [0.4, 0.5) is 0 Å². The Morgan fingerprint density at radius 2 is 2.06 bits per heavy atom. The standard InChI is InChI=1S/C12H15BrClNO2/c13-8-5-9(12(16)10(14)6-8)11(15)7-1-3-17-4-2-7/h5-7,11,16H,1-4,15H2/t11-/m1/s1. The molecule has 1 heterocycles. The molecule has 0 radical (unpaired) electrons. The van der Waals surface area contributed by atoms with Crippen molar-refractivity contribution in [1.82, 2.24) is 0 Å². The van der Waals surface area contributed by atoms with E-state index in [0.717, 1.165) is 30.5 Å². The minimum Gasteiger partial charge on any atom is -0.506 e. The average molecular weight is 321 g/mol. The topological polar surface area (TPSA) is 55.5 Å². The molecular weight excluding hydrogens is 305 g/mol. The van der Waals surface area contributed by atoms with Crippen LogP contribution in [0.3, 0.4) is 0 Å². The fourth-order valence-electron chi connectivity index (χ4n) is 2.17. The van der Waals surface area contributed by atoms with E-state index in [4.69, 9.17) is 22.1 Å². The predicted molar refractivity (Wildman–Crippen MR) is 71.3 cm³/mol. The first-order valence-electron chi connectivity index (χ1n) is 5.61.